The van der Waals surface area contributed by atoms with Crippen LogP contribution in [-0.4, -0.2) is 54.4 Å². The summed E-state index contributed by atoms with van der Waals surface area (Å²) in [4.78, 5) is 61.2. The highest BCUT2D eigenvalue weighted by Crippen LogP contribution is 2.22. The molecule has 0 unspecified atom stereocenters. The lowest BCUT2D eigenvalue weighted by atomic mass is 10.1. The Bertz CT molecular complexity index is 1200. The number of hydrogen-bond acceptors (Lipinski definition) is 7. The molecular weight excluding hydrogens is 525 g/mol. The monoisotopic (exact) mass is 549 g/mol. The average Bonchev–Trinajstić information content (AvgIpc) is 3.21. The van der Waals surface area contributed by atoms with Gasteiger partial charge in [-0.25, -0.2) is 4.79 Å². The van der Waals surface area contributed by atoms with Crippen molar-refractivity contribution < 1.29 is 33.4 Å². The molecule has 1 fully saturated rings. The van der Waals surface area contributed by atoms with E-state index in [0.29, 0.717) is 22.9 Å². The summed E-state index contributed by atoms with van der Waals surface area (Å²) in [5.74, 6) is -3.60. The summed E-state index contributed by atoms with van der Waals surface area (Å²) in [5.41, 5.74) is 3.26. The lowest BCUT2D eigenvalue weighted by molar-refractivity contribution is -0.151. The summed E-state index contributed by atoms with van der Waals surface area (Å²) in [7, 11) is 0. The second-order valence-corrected chi connectivity index (χ2v) is 9.54. The molecule has 12 heteroatoms. The molecule has 1 saturated heterocycles. The predicted octanol–water partition coefficient (Wildman–Crippen LogP) is 3.48. The zero-order valence-electron chi connectivity index (χ0n) is 20.1. The van der Waals surface area contributed by atoms with Crippen molar-refractivity contribution in [3.63, 3.8) is 0 Å². The van der Waals surface area contributed by atoms with Crippen molar-refractivity contribution in [1.29, 1.82) is 0 Å². The molecule has 1 atom stereocenters. The van der Waals surface area contributed by atoms with Crippen molar-refractivity contribution in [1.82, 2.24) is 10.4 Å². The zero-order valence-corrected chi connectivity index (χ0v) is 21.6. The minimum absolute atomic E-state index is 0.110. The Labute approximate surface area is 223 Å². The van der Waals surface area contributed by atoms with Crippen LogP contribution < -0.4 is 10.7 Å². The topological polar surface area (TPSA) is 131 Å². The molecule has 0 radical (unpaired) electrons. The van der Waals surface area contributed by atoms with Crippen LogP contribution in [0.25, 0.3) is 0 Å². The summed E-state index contributed by atoms with van der Waals surface area (Å²) in [6.45, 7) is 3.46. The summed E-state index contributed by atoms with van der Waals surface area (Å²) in [6.07, 6.45) is -0.191. The van der Waals surface area contributed by atoms with E-state index in [0.717, 1.165) is 5.01 Å². The fourth-order valence-electron chi connectivity index (χ4n) is 3.30. The van der Waals surface area contributed by atoms with Gasteiger partial charge in [-0.3, -0.25) is 29.6 Å². The van der Waals surface area contributed by atoms with Crippen LogP contribution in [0, 0.1) is 11.8 Å². The van der Waals surface area contributed by atoms with Crippen LogP contribution in [0.5, 0.6) is 0 Å². The van der Waals surface area contributed by atoms with Crippen LogP contribution >= 0.6 is 23.2 Å². The van der Waals surface area contributed by atoms with Gasteiger partial charge >= 0.3 is 11.9 Å². The van der Waals surface area contributed by atoms with Gasteiger partial charge in [0.15, 0.2) is 6.61 Å². The van der Waals surface area contributed by atoms with Gasteiger partial charge in [0.1, 0.15) is 0 Å². The number of carbonyl (C=O) groups is 5. The number of esters is 2. The second kappa shape index (κ2) is 12.6. The van der Waals surface area contributed by atoms with Crippen molar-refractivity contribution in [2.45, 2.75) is 20.3 Å². The third-order valence-electron chi connectivity index (χ3n) is 5.17. The number of hydrogen-bond donors (Lipinski definition) is 2. The molecule has 3 rings (SSSR count). The first-order valence-electron chi connectivity index (χ1n) is 11.3. The van der Waals surface area contributed by atoms with Gasteiger partial charge in [-0.2, -0.15) is 0 Å². The third kappa shape index (κ3) is 7.93. The van der Waals surface area contributed by atoms with Crippen LogP contribution in [0.2, 0.25) is 10.0 Å². The predicted molar refractivity (Wildman–Crippen MR) is 135 cm³/mol. The van der Waals surface area contributed by atoms with Crippen molar-refractivity contribution in [2.24, 2.45) is 11.8 Å². The van der Waals surface area contributed by atoms with E-state index in [1.807, 2.05) is 13.8 Å². The van der Waals surface area contributed by atoms with Crippen LogP contribution in [-0.2, 0) is 23.9 Å². The van der Waals surface area contributed by atoms with E-state index >= 15 is 0 Å². The molecule has 196 valence electrons. The summed E-state index contributed by atoms with van der Waals surface area (Å²) < 4.78 is 10.2. The van der Waals surface area contributed by atoms with E-state index in [4.69, 9.17) is 32.7 Å². The zero-order chi connectivity index (χ0) is 27.1. The van der Waals surface area contributed by atoms with Gasteiger partial charge in [-0.15, -0.1) is 0 Å². The van der Waals surface area contributed by atoms with Gasteiger partial charge in [0, 0.05) is 17.1 Å². The maximum atomic E-state index is 12.4. The smallest absolute Gasteiger partial charge is 0.338 e. The van der Waals surface area contributed by atoms with E-state index in [1.54, 1.807) is 0 Å². The first-order valence-corrected chi connectivity index (χ1v) is 12.1. The van der Waals surface area contributed by atoms with Gasteiger partial charge in [0.25, 0.3) is 11.8 Å². The molecule has 1 aliphatic heterocycles. The van der Waals surface area contributed by atoms with Crippen LogP contribution in [0.1, 0.15) is 41.0 Å². The van der Waals surface area contributed by atoms with Crippen molar-refractivity contribution in [3.05, 3.63) is 63.6 Å². The number of rotatable bonds is 9. The molecular formula is C25H25Cl2N3O7. The maximum Gasteiger partial charge on any atom is 0.338 e. The van der Waals surface area contributed by atoms with Gasteiger partial charge < -0.3 is 14.8 Å². The van der Waals surface area contributed by atoms with Crippen LogP contribution in [0.4, 0.5) is 5.69 Å². The second-order valence-electron chi connectivity index (χ2n) is 8.70. The average molecular weight is 550 g/mol. The van der Waals surface area contributed by atoms with E-state index in [1.165, 1.54) is 42.5 Å². The first-order chi connectivity index (χ1) is 17.5. The molecule has 37 heavy (non-hydrogen) atoms. The molecule has 0 spiro atoms. The molecule has 0 aromatic heterocycles. The quantitative estimate of drug-likeness (QED) is 0.457. The van der Waals surface area contributed by atoms with Crippen molar-refractivity contribution >= 4 is 58.5 Å². The SMILES string of the molecule is CC(C)COC(=O)c1ccc(NC(=O)COC(=O)[C@@H]2CC(=O)N(NC(=O)c3ccc(Cl)cc3Cl)C2)cc1. The Kier molecular flexibility index (Phi) is 9.48. The summed E-state index contributed by atoms with van der Waals surface area (Å²) in [6, 6.07) is 10.4. The Hall–Kier alpha value is -3.63. The van der Waals surface area contributed by atoms with Crippen molar-refractivity contribution in [2.75, 3.05) is 25.1 Å². The van der Waals surface area contributed by atoms with Gasteiger partial charge in [-0.1, -0.05) is 37.0 Å². The largest absolute Gasteiger partial charge is 0.462 e. The Morgan fingerprint density at radius 3 is 2.41 bits per heavy atom. The minimum atomic E-state index is -0.863. The molecule has 0 bridgehead atoms. The Morgan fingerprint density at radius 1 is 1.05 bits per heavy atom. The normalized spacial score (nSPS) is 14.9. The van der Waals surface area contributed by atoms with Crippen LogP contribution in [0.3, 0.4) is 0 Å². The lowest BCUT2D eigenvalue weighted by Gasteiger charge is -2.18. The molecule has 2 N–H and O–H groups in total. The number of hydrazine groups is 1. The molecule has 0 aliphatic carbocycles. The Balaban J connectivity index is 1.45. The van der Waals surface area contributed by atoms with E-state index in [-0.39, 0.29) is 29.5 Å². The number of benzene rings is 2. The standard InChI is InChI=1S/C25H25Cl2N3O7/c1-14(2)12-36-24(34)15-3-6-18(7-4-15)28-21(31)13-37-25(35)16-9-22(32)30(11-16)29-23(33)19-8-5-17(26)10-20(19)27/h3-8,10,14,16H,9,11-13H2,1-2H3,(H,28,31)(H,29,33)/t16-/m1/s1. The molecule has 3 amide bonds. The highest BCUT2D eigenvalue weighted by atomic mass is 35.5. The number of nitrogens with zero attached hydrogens (tertiary/aromatic N) is 1. The molecule has 0 saturated carbocycles. The third-order valence-corrected chi connectivity index (χ3v) is 5.72. The highest BCUT2D eigenvalue weighted by molar-refractivity contribution is 6.36. The minimum Gasteiger partial charge on any atom is -0.462 e. The molecule has 10 nitrogen and oxygen atoms in total. The number of carbonyl (C=O) groups excluding carboxylic acids is 5. The fourth-order valence-corrected chi connectivity index (χ4v) is 3.79. The maximum absolute atomic E-state index is 12.4. The number of amides is 3. The van der Waals surface area contributed by atoms with Crippen molar-refractivity contribution in [3.8, 4) is 0 Å². The Morgan fingerprint density at radius 2 is 1.76 bits per heavy atom. The number of ether oxygens (including phenoxy) is 2. The number of anilines is 1. The van der Waals surface area contributed by atoms with E-state index < -0.39 is 42.2 Å². The summed E-state index contributed by atoms with van der Waals surface area (Å²) >= 11 is 11.8. The lowest BCUT2D eigenvalue weighted by Crippen LogP contribution is -2.43. The number of nitrogens with one attached hydrogen (secondary N) is 2. The summed E-state index contributed by atoms with van der Waals surface area (Å²) in [5, 5.41) is 4.02. The molecule has 1 aliphatic rings. The highest BCUT2D eigenvalue weighted by Gasteiger charge is 2.37. The first kappa shape index (κ1) is 27.9. The molecule has 2 aromatic carbocycles. The molecule has 1 heterocycles. The van der Waals surface area contributed by atoms with E-state index in [2.05, 4.69) is 10.7 Å². The van der Waals surface area contributed by atoms with Gasteiger partial charge in [0.05, 0.1) is 35.2 Å². The fraction of sp³-hybridized carbons (Fsp3) is 0.320. The van der Waals surface area contributed by atoms with Gasteiger partial charge in [-0.05, 0) is 48.4 Å². The van der Waals surface area contributed by atoms with E-state index in [9.17, 15) is 24.0 Å². The number of halogens is 2. The van der Waals surface area contributed by atoms with Gasteiger partial charge in [0.2, 0.25) is 5.91 Å². The van der Waals surface area contributed by atoms with Crippen LogP contribution in [0.15, 0.2) is 42.5 Å². The molecule has 2 aromatic rings.